The molecule has 1 N–H and O–H groups in total. The molecule has 25 heavy (non-hydrogen) atoms. The van der Waals surface area contributed by atoms with Crippen molar-refractivity contribution in [2.24, 2.45) is 5.92 Å². The summed E-state index contributed by atoms with van der Waals surface area (Å²) in [6, 6.07) is 1.75. The van der Waals surface area contributed by atoms with Crippen LogP contribution in [0.2, 0.25) is 0 Å². The van der Waals surface area contributed by atoms with Crippen molar-refractivity contribution in [3.05, 3.63) is 23.0 Å². The maximum Gasteiger partial charge on any atom is 0.339 e. The summed E-state index contributed by atoms with van der Waals surface area (Å²) in [7, 11) is 0. The van der Waals surface area contributed by atoms with E-state index in [1.54, 1.807) is 13.0 Å². The molecule has 7 heteroatoms. The number of esters is 1. The number of carbonyl (C=O) groups excluding carboxylic acids is 2. The summed E-state index contributed by atoms with van der Waals surface area (Å²) in [6.07, 6.45) is 2.10. The lowest BCUT2D eigenvalue weighted by Crippen LogP contribution is -2.38. The number of rotatable bonds is 6. The summed E-state index contributed by atoms with van der Waals surface area (Å²) in [5, 5.41) is 7.25. The number of carbonyl (C=O) groups is 2. The Morgan fingerprint density at radius 1 is 1.36 bits per heavy atom. The van der Waals surface area contributed by atoms with Gasteiger partial charge in [0.15, 0.2) is 6.61 Å². The van der Waals surface area contributed by atoms with Gasteiger partial charge in [-0.25, -0.2) is 9.78 Å². The van der Waals surface area contributed by atoms with E-state index in [1.165, 1.54) is 0 Å². The molecule has 1 saturated carbocycles. The van der Waals surface area contributed by atoms with Gasteiger partial charge in [0.05, 0.1) is 16.6 Å². The Hall–Kier alpha value is -2.44. The minimum atomic E-state index is -0.562. The average molecular weight is 345 g/mol. The molecule has 1 atom stereocenters. The van der Waals surface area contributed by atoms with E-state index in [0.717, 1.165) is 18.5 Å². The highest BCUT2D eigenvalue weighted by Gasteiger charge is 2.29. The van der Waals surface area contributed by atoms with Gasteiger partial charge in [-0.15, -0.1) is 0 Å². The Morgan fingerprint density at radius 2 is 2.08 bits per heavy atom. The first kappa shape index (κ1) is 17.4. The van der Waals surface area contributed by atoms with Crippen LogP contribution in [-0.2, 0) is 9.53 Å². The fourth-order valence-corrected chi connectivity index (χ4v) is 2.53. The third-order valence-electron chi connectivity index (χ3n) is 4.58. The molecular weight excluding hydrogens is 322 g/mol. The van der Waals surface area contributed by atoms with Crippen molar-refractivity contribution in [3.63, 3.8) is 0 Å². The van der Waals surface area contributed by atoms with Gasteiger partial charge in [0.25, 0.3) is 11.6 Å². The van der Waals surface area contributed by atoms with Crippen LogP contribution < -0.4 is 5.32 Å². The lowest BCUT2D eigenvalue weighted by atomic mass is 10.1. The summed E-state index contributed by atoms with van der Waals surface area (Å²) in [4.78, 5) is 28.9. The second kappa shape index (κ2) is 6.82. The topological polar surface area (TPSA) is 94.3 Å². The number of aryl methyl sites for hydroxylation is 1. The molecule has 0 aliphatic heterocycles. The van der Waals surface area contributed by atoms with Crippen LogP contribution in [-0.4, -0.2) is 34.7 Å². The van der Waals surface area contributed by atoms with Gasteiger partial charge in [-0.05, 0) is 38.7 Å². The minimum Gasteiger partial charge on any atom is -0.452 e. The minimum absolute atomic E-state index is 0.0145. The van der Waals surface area contributed by atoms with Crippen LogP contribution in [0.4, 0.5) is 0 Å². The van der Waals surface area contributed by atoms with E-state index in [9.17, 15) is 9.59 Å². The lowest BCUT2D eigenvalue weighted by molar-refractivity contribution is -0.125. The van der Waals surface area contributed by atoms with Crippen LogP contribution in [0.25, 0.3) is 11.1 Å². The highest BCUT2D eigenvalue weighted by molar-refractivity contribution is 6.03. The molecule has 3 rings (SSSR count). The highest BCUT2D eigenvalue weighted by atomic mass is 16.5. The second-order valence-corrected chi connectivity index (χ2v) is 6.99. The zero-order valence-corrected chi connectivity index (χ0v) is 15.0. The molecule has 2 aromatic rings. The van der Waals surface area contributed by atoms with Crippen LogP contribution in [0, 0.1) is 12.8 Å². The molecule has 2 heterocycles. The SMILES string of the molecule is Cc1noc2nc(C3CC3)cc(C(=O)OCC(=O)NC(C)C(C)C)c12. The van der Waals surface area contributed by atoms with Gasteiger partial charge in [0, 0.05) is 17.7 Å². The van der Waals surface area contributed by atoms with Crippen molar-refractivity contribution >= 4 is 23.0 Å². The third kappa shape index (κ3) is 3.81. The maximum absolute atomic E-state index is 12.5. The molecule has 0 spiro atoms. The fourth-order valence-electron chi connectivity index (χ4n) is 2.53. The largest absolute Gasteiger partial charge is 0.452 e. The molecule has 2 aromatic heterocycles. The van der Waals surface area contributed by atoms with Crippen molar-refractivity contribution < 1.29 is 18.8 Å². The summed E-state index contributed by atoms with van der Waals surface area (Å²) in [5.74, 6) is -0.214. The number of ether oxygens (including phenoxy) is 1. The Kier molecular flexibility index (Phi) is 4.74. The first-order valence-electron chi connectivity index (χ1n) is 8.60. The predicted molar refractivity (Wildman–Crippen MR) is 91.2 cm³/mol. The lowest BCUT2D eigenvalue weighted by Gasteiger charge is -2.17. The molecule has 1 amide bonds. The van der Waals surface area contributed by atoms with Crippen LogP contribution in [0.5, 0.6) is 0 Å². The first-order valence-corrected chi connectivity index (χ1v) is 8.60. The zero-order valence-electron chi connectivity index (χ0n) is 15.0. The van der Waals surface area contributed by atoms with Crippen LogP contribution >= 0.6 is 0 Å². The normalized spacial score (nSPS) is 15.4. The molecule has 0 saturated heterocycles. The molecule has 7 nitrogen and oxygen atoms in total. The summed E-state index contributed by atoms with van der Waals surface area (Å²) < 4.78 is 10.4. The van der Waals surface area contributed by atoms with Gasteiger partial charge >= 0.3 is 5.97 Å². The van der Waals surface area contributed by atoms with Crippen molar-refractivity contribution in [3.8, 4) is 0 Å². The second-order valence-electron chi connectivity index (χ2n) is 6.99. The number of amides is 1. The highest BCUT2D eigenvalue weighted by Crippen LogP contribution is 2.40. The van der Waals surface area contributed by atoms with Gasteiger partial charge < -0.3 is 14.6 Å². The van der Waals surface area contributed by atoms with Crippen LogP contribution in [0.3, 0.4) is 0 Å². The maximum atomic E-state index is 12.5. The third-order valence-corrected chi connectivity index (χ3v) is 4.58. The van der Waals surface area contributed by atoms with E-state index in [4.69, 9.17) is 9.26 Å². The number of aromatic nitrogens is 2. The zero-order chi connectivity index (χ0) is 18.1. The first-order chi connectivity index (χ1) is 11.9. The van der Waals surface area contributed by atoms with E-state index >= 15 is 0 Å². The van der Waals surface area contributed by atoms with Gasteiger partial charge in [0.2, 0.25) is 0 Å². The van der Waals surface area contributed by atoms with Gasteiger partial charge in [-0.2, -0.15) is 0 Å². The molecular formula is C18H23N3O4. The summed E-state index contributed by atoms with van der Waals surface area (Å²) >= 11 is 0. The van der Waals surface area contributed by atoms with E-state index in [-0.39, 0.29) is 18.6 Å². The van der Waals surface area contributed by atoms with Crippen LogP contribution in [0.1, 0.15) is 61.3 Å². The summed E-state index contributed by atoms with van der Waals surface area (Å²) in [6.45, 7) is 7.37. The van der Waals surface area contributed by atoms with E-state index in [2.05, 4.69) is 15.5 Å². The monoisotopic (exact) mass is 345 g/mol. The van der Waals surface area contributed by atoms with Crippen molar-refractivity contribution in [2.75, 3.05) is 6.61 Å². The van der Waals surface area contributed by atoms with Crippen molar-refractivity contribution in [2.45, 2.75) is 52.5 Å². The fraction of sp³-hybridized carbons (Fsp3) is 0.556. The van der Waals surface area contributed by atoms with Crippen LogP contribution in [0.15, 0.2) is 10.6 Å². The molecule has 1 unspecified atom stereocenters. The van der Waals surface area contributed by atoms with Gasteiger partial charge in [0.1, 0.15) is 0 Å². The Balaban J connectivity index is 1.75. The van der Waals surface area contributed by atoms with Crippen molar-refractivity contribution in [1.29, 1.82) is 0 Å². The molecule has 1 aliphatic rings. The Labute approximate surface area is 146 Å². The van der Waals surface area contributed by atoms with Gasteiger partial charge in [-0.3, -0.25) is 4.79 Å². The number of nitrogens with one attached hydrogen (secondary N) is 1. The molecule has 0 bridgehead atoms. The standard InChI is InChI=1S/C18H23N3O4/c1-9(2)10(3)19-15(22)8-24-18(23)13-7-14(12-5-6-12)20-17-16(13)11(4)21-25-17/h7,9-10,12H,5-6,8H2,1-4H3,(H,19,22). The molecule has 0 aromatic carbocycles. The van der Waals surface area contributed by atoms with Crippen molar-refractivity contribution in [1.82, 2.24) is 15.5 Å². The summed E-state index contributed by atoms with van der Waals surface area (Å²) in [5.41, 5.74) is 2.09. The number of hydrogen-bond acceptors (Lipinski definition) is 6. The van der Waals surface area contributed by atoms with E-state index in [1.807, 2.05) is 20.8 Å². The smallest absolute Gasteiger partial charge is 0.339 e. The average Bonchev–Trinajstić information content (AvgIpc) is 3.36. The molecule has 1 aliphatic carbocycles. The molecule has 0 radical (unpaired) electrons. The van der Waals surface area contributed by atoms with E-state index in [0.29, 0.717) is 34.2 Å². The number of nitrogens with zero attached hydrogens (tertiary/aromatic N) is 2. The molecule has 134 valence electrons. The number of pyridine rings is 1. The Bertz CT molecular complexity index is 808. The van der Waals surface area contributed by atoms with E-state index < -0.39 is 5.97 Å². The number of fused-ring (bicyclic) bond motifs is 1. The molecule has 1 fully saturated rings. The quantitative estimate of drug-likeness (QED) is 0.809. The van der Waals surface area contributed by atoms with Gasteiger partial charge in [-0.1, -0.05) is 19.0 Å². The predicted octanol–water partition coefficient (Wildman–Crippen LogP) is 2.73. The Morgan fingerprint density at radius 3 is 2.72 bits per heavy atom. The number of hydrogen-bond donors (Lipinski definition) is 1.